The lowest BCUT2D eigenvalue weighted by molar-refractivity contribution is -0.138. The molecule has 0 fully saturated rings. The van der Waals surface area contributed by atoms with Crippen LogP contribution < -0.4 is 10.2 Å². The van der Waals surface area contributed by atoms with Gasteiger partial charge in [0, 0.05) is 18.9 Å². The van der Waals surface area contributed by atoms with E-state index in [0.717, 1.165) is 23.5 Å². The molecule has 0 atom stereocenters. The highest BCUT2D eigenvalue weighted by molar-refractivity contribution is 6.10. The molecule has 10 heteroatoms. The Morgan fingerprint density at radius 2 is 1.90 bits per heavy atom. The normalized spacial score (nSPS) is 14.0. The van der Waals surface area contributed by atoms with Gasteiger partial charge in [0.1, 0.15) is 5.82 Å². The standard InChI is InChI=1S/C21H19F3N4O3/c1-2-10-25-18(29)14-8-9-17(26-13-14)27-11-5-12-28(20(27)31)19(30)15-6-3-4-7-16(15)21(22,23)24/h3-9,11,13H,2,10,12H2,1H3,(H,25,29). The van der Waals surface area contributed by atoms with E-state index < -0.39 is 29.2 Å². The number of halogens is 3. The number of alkyl halides is 3. The van der Waals surface area contributed by atoms with Crippen LogP contribution in [0.1, 0.15) is 39.6 Å². The van der Waals surface area contributed by atoms with Gasteiger partial charge in [0.2, 0.25) is 0 Å². The number of benzene rings is 1. The minimum atomic E-state index is -4.74. The molecule has 31 heavy (non-hydrogen) atoms. The van der Waals surface area contributed by atoms with Crippen molar-refractivity contribution in [3.05, 3.63) is 71.6 Å². The highest BCUT2D eigenvalue weighted by Gasteiger charge is 2.38. The maximum Gasteiger partial charge on any atom is 0.417 e. The SMILES string of the molecule is CCCNC(=O)c1ccc(N2C=CCN(C(=O)c3ccccc3C(F)(F)F)C2=O)nc1. The molecule has 0 saturated heterocycles. The molecule has 2 aromatic rings. The Morgan fingerprint density at radius 3 is 2.55 bits per heavy atom. The Hall–Kier alpha value is -3.69. The number of anilines is 1. The first-order chi connectivity index (χ1) is 14.7. The van der Waals surface area contributed by atoms with Crippen molar-refractivity contribution in [3.63, 3.8) is 0 Å². The molecule has 2 heterocycles. The molecule has 0 unspecified atom stereocenters. The van der Waals surface area contributed by atoms with Crippen molar-refractivity contribution in [1.82, 2.24) is 15.2 Å². The van der Waals surface area contributed by atoms with Gasteiger partial charge < -0.3 is 5.32 Å². The van der Waals surface area contributed by atoms with Gasteiger partial charge >= 0.3 is 12.2 Å². The van der Waals surface area contributed by atoms with Crippen molar-refractivity contribution in [2.75, 3.05) is 18.0 Å². The van der Waals surface area contributed by atoms with Crippen molar-refractivity contribution in [3.8, 4) is 0 Å². The molecule has 1 N–H and O–H groups in total. The average molecular weight is 432 g/mol. The van der Waals surface area contributed by atoms with Crippen LogP contribution in [0.2, 0.25) is 0 Å². The molecule has 4 amide bonds. The molecule has 0 saturated carbocycles. The Morgan fingerprint density at radius 1 is 1.16 bits per heavy atom. The summed E-state index contributed by atoms with van der Waals surface area (Å²) in [4.78, 5) is 43.4. The summed E-state index contributed by atoms with van der Waals surface area (Å²) in [5.41, 5.74) is -1.44. The molecular formula is C21H19F3N4O3. The Kier molecular flexibility index (Phi) is 6.38. The monoisotopic (exact) mass is 432 g/mol. The first kappa shape index (κ1) is 22.0. The summed E-state index contributed by atoms with van der Waals surface area (Å²) in [5.74, 6) is -1.26. The van der Waals surface area contributed by atoms with Crippen LogP contribution in [-0.4, -0.2) is 40.8 Å². The number of imide groups is 1. The van der Waals surface area contributed by atoms with Crippen LogP contribution in [-0.2, 0) is 6.18 Å². The van der Waals surface area contributed by atoms with Gasteiger partial charge in [-0.2, -0.15) is 13.2 Å². The summed E-state index contributed by atoms with van der Waals surface area (Å²) >= 11 is 0. The third kappa shape index (κ3) is 4.73. The van der Waals surface area contributed by atoms with E-state index in [1.165, 1.54) is 42.7 Å². The molecule has 0 radical (unpaired) electrons. The second-order valence-electron chi connectivity index (χ2n) is 6.66. The molecule has 1 aliphatic rings. The minimum Gasteiger partial charge on any atom is -0.352 e. The molecule has 162 valence electrons. The molecule has 3 rings (SSSR count). The number of hydrogen-bond donors (Lipinski definition) is 1. The van der Waals surface area contributed by atoms with E-state index in [2.05, 4.69) is 10.3 Å². The zero-order valence-electron chi connectivity index (χ0n) is 16.5. The fourth-order valence-corrected chi connectivity index (χ4v) is 2.94. The van der Waals surface area contributed by atoms with Crippen molar-refractivity contribution >= 4 is 23.7 Å². The summed E-state index contributed by atoms with van der Waals surface area (Å²) in [5, 5.41) is 2.70. The minimum absolute atomic E-state index is 0.120. The Balaban J connectivity index is 1.83. The smallest absolute Gasteiger partial charge is 0.352 e. The number of carbonyl (C=O) groups is 3. The van der Waals surface area contributed by atoms with Crippen LogP contribution in [0.3, 0.4) is 0 Å². The molecule has 0 aliphatic carbocycles. The van der Waals surface area contributed by atoms with E-state index >= 15 is 0 Å². The van der Waals surface area contributed by atoms with Crippen LogP contribution in [0.15, 0.2) is 54.9 Å². The van der Waals surface area contributed by atoms with E-state index in [0.29, 0.717) is 11.4 Å². The summed E-state index contributed by atoms with van der Waals surface area (Å²) in [7, 11) is 0. The molecular weight excluding hydrogens is 413 g/mol. The Bertz CT molecular complexity index is 1020. The highest BCUT2D eigenvalue weighted by Crippen LogP contribution is 2.33. The largest absolute Gasteiger partial charge is 0.417 e. The fraction of sp³-hybridized carbons (Fsp3) is 0.238. The molecule has 0 spiro atoms. The van der Waals surface area contributed by atoms with Crippen molar-refractivity contribution in [2.24, 2.45) is 0 Å². The van der Waals surface area contributed by atoms with E-state index in [1.54, 1.807) is 0 Å². The predicted molar refractivity (Wildman–Crippen MR) is 106 cm³/mol. The average Bonchev–Trinajstić information content (AvgIpc) is 2.76. The first-order valence-corrected chi connectivity index (χ1v) is 9.46. The van der Waals surface area contributed by atoms with Gasteiger partial charge in [-0.1, -0.05) is 19.1 Å². The summed E-state index contributed by atoms with van der Waals surface area (Å²) < 4.78 is 39.8. The number of carbonyl (C=O) groups excluding carboxylic acids is 3. The van der Waals surface area contributed by atoms with Gasteiger partial charge in [-0.05, 0) is 36.8 Å². The highest BCUT2D eigenvalue weighted by atomic mass is 19.4. The van der Waals surface area contributed by atoms with E-state index in [9.17, 15) is 27.6 Å². The number of nitrogens with one attached hydrogen (secondary N) is 1. The lowest BCUT2D eigenvalue weighted by Crippen LogP contribution is -2.47. The maximum atomic E-state index is 13.3. The van der Waals surface area contributed by atoms with E-state index in [1.807, 2.05) is 6.92 Å². The molecule has 0 bridgehead atoms. The molecule has 1 aromatic heterocycles. The van der Waals surface area contributed by atoms with Gasteiger partial charge in [0.15, 0.2) is 0 Å². The van der Waals surface area contributed by atoms with Crippen molar-refractivity contribution in [1.29, 1.82) is 0 Å². The summed E-state index contributed by atoms with van der Waals surface area (Å²) in [6.07, 6.45) is 0.142. The number of pyridine rings is 1. The van der Waals surface area contributed by atoms with Crippen molar-refractivity contribution in [2.45, 2.75) is 19.5 Å². The third-order valence-corrected chi connectivity index (χ3v) is 4.48. The van der Waals surface area contributed by atoms with Crippen molar-refractivity contribution < 1.29 is 27.6 Å². The zero-order valence-corrected chi connectivity index (χ0v) is 16.5. The number of rotatable bonds is 5. The van der Waals surface area contributed by atoms with Gasteiger partial charge in [-0.3, -0.25) is 19.4 Å². The summed E-state index contributed by atoms with van der Waals surface area (Å²) in [6, 6.07) is 6.33. The quantitative estimate of drug-likeness (QED) is 0.779. The zero-order chi connectivity index (χ0) is 22.6. The van der Waals surface area contributed by atoms with Gasteiger partial charge in [-0.25, -0.2) is 9.78 Å². The van der Waals surface area contributed by atoms with Crippen LogP contribution in [0.4, 0.5) is 23.8 Å². The van der Waals surface area contributed by atoms with Crippen LogP contribution in [0.25, 0.3) is 0 Å². The number of nitrogens with zero attached hydrogens (tertiary/aromatic N) is 3. The molecule has 7 nitrogen and oxygen atoms in total. The van der Waals surface area contributed by atoms with E-state index in [4.69, 9.17) is 0 Å². The van der Waals surface area contributed by atoms with Gasteiger partial charge in [0.25, 0.3) is 11.8 Å². The molecule has 1 aromatic carbocycles. The number of urea groups is 1. The second kappa shape index (κ2) is 8.99. The topological polar surface area (TPSA) is 82.6 Å². The number of amides is 4. The number of hydrogen-bond acceptors (Lipinski definition) is 4. The van der Waals surface area contributed by atoms with Crippen LogP contribution in [0.5, 0.6) is 0 Å². The Labute approximate surface area is 176 Å². The first-order valence-electron chi connectivity index (χ1n) is 9.46. The lowest BCUT2D eigenvalue weighted by atomic mass is 10.1. The maximum absolute atomic E-state index is 13.3. The van der Waals surface area contributed by atoms with Gasteiger partial charge in [-0.15, -0.1) is 0 Å². The summed E-state index contributed by atoms with van der Waals surface area (Å²) in [6.45, 7) is 2.23. The van der Waals surface area contributed by atoms with Gasteiger partial charge in [0.05, 0.1) is 23.2 Å². The fourth-order valence-electron chi connectivity index (χ4n) is 2.94. The predicted octanol–water partition coefficient (Wildman–Crippen LogP) is 3.84. The van der Waals surface area contributed by atoms with Crippen LogP contribution in [0, 0.1) is 0 Å². The lowest BCUT2D eigenvalue weighted by Gasteiger charge is -2.30. The second-order valence-corrected chi connectivity index (χ2v) is 6.66. The molecule has 1 aliphatic heterocycles. The number of aromatic nitrogens is 1. The third-order valence-electron chi connectivity index (χ3n) is 4.48. The van der Waals surface area contributed by atoms with E-state index in [-0.39, 0.29) is 23.8 Å². The van der Waals surface area contributed by atoms with Crippen LogP contribution >= 0.6 is 0 Å².